The van der Waals surface area contributed by atoms with Gasteiger partial charge in [0, 0.05) is 29.9 Å². The zero-order valence-corrected chi connectivity index (χ0v) is 20.2. The van der Waals surface area contributed by atoms with Crippen molar-refractivity contribution >= 4 is 5.69 Å². The van der Waals surface area contributed by atoms with Crippen molar-refractivity contribution in [2.45, 2.75) is 39.5 Å². The van der Waals surface area contributed by atoms with E-state index in [9.17, 15) is 5.11 Å². The number of aromatic hydroxyl groups is 1. The minimum atomic E-state index is 0.240. The van der Waals surface area contributed by atoms with Crippen LogP contribution in [0.15, 0.2) is 91.0 Å². The molecule has 1 aromatic heterocycles. The van der Waals surface area contributed by atoms with Crippen LogP contribution >= 0.6 is 0 Å². The quantitative estimate of drug-likeness (QED) is 0.264. The Bertz CT molecular complexity index is 1180. The maximum atomic E-state index is 10.5. The van der Waals surface area contributed by atoms with Crippen molar-refractivity contribution < 1.29 is 5.11 Å². The number of rotatable bonds is 10. The molecule has 3 heteroatoms. The van der Waals surface area contributed by atoms with Crippen molar-refractivity contribution in [2.24, 2.45) is 0 Å². The van der Waals surface area contributed by atoms with Gasteiger partial charge in [0.1, 0.15) is 5.75 Å². The molecular weight excluding hydrogens is 416 g/mol. The second-order valence-electron chi connectivity index (χ2n) is 8.75. The van der Waals surface area contributed by atoms with Crippen molar-refractivity contribution in [1.82, 2.24) is 4.98 Å². The molecule has 0 radical (unpaired) electrons. The fraction of sp³-hybridized carbons (Fsp3) is 0.258. The van der Waals surface area contributed by atoms with Gasteiger partial charge >= 0.3 is 0 Å². The fourth-order valence-corrected chi connectivity index (χ4v) is 4.21. The average molecular weight is 451 g/mol. The van der Waals surface area contributed by atoms with Crippen molar-refractivity contribution in [3.63, 3.8) is 0 Å². The number of phenolic OH excluding ortho intramolecular Hbond substituents is 1. The molecule has 1 heterocycles. The van der Waals surface area contributed by atoms with Crippen LogP contribution in [-0.4, -0.2) is 23.2 Å². The smallest absolute Gasteiger partial charge is 0.124 e. The third kappa shape index (κ3) is 5.66. The van der Waals surface area contributed by atoms with E-state index in [1.807, 2.05) is 36.4 Å². The summed E-state index contributed by atoms with van der Waals surface area (Å²) in [7, 11) is 0. The van der Waals surface area contributed by atoms with Crippen LogP contribution in [0.2, 0.25) is 0 Å². The molecule has 0 aliphatic carbocycles. The summed E-state index contributed by atoms with van der Waals surface area (Å²) < 4.78 is 0. The summed E-state index contributed by atoms with van der Waals surface area (Å²) in [6.07, 6.45) is 4.82. The summed E-state index contributed by atoms with van der Waals surface area (Å²) in [4.78, 5) is 7.41. The number of anilines is 1. The van der Waals surface area contributed by atoms with Crippen LogP contribution in [0.5, 0.6) is 5.75 Å². The van der Waals surface area contributed by atoms with E-state index in [-0.39, 0.29) is 5.75 Å². The van der Waals surface area contributed by atoms with Crippen LogP contribution in [0.1, 0.15) is 39.5 Å². The van der Waals surface area contributed by atoms with Gasteiger partial charge < -0.3 is 10.0 Å². The predicted octanol–water partition coefficient (Wildman–Crippen LogP) is 8.19. The number of hydrogen-bond donors (Lipinski definition) is 1. The number of aromatic nitrogens is 1. The number of pyridine rings is 1. The van der Waals surface area contributed by atoms with E-state index in [0.29, 0.717) is 0 Å². The molecule has 0 aliphatic rings. The molecule has 0 amide bonds. The Morgan fingerprint density at radius 3 is 1.91 bits per heavy atom. The highest BCUT2D eigenvalue weighted by molar-refractivity contribution is 5.79. The Morgan fingerprint density at radius 1 is 0.647 bits per heavy atom. The summed E-state index contributed by atoms with van der Waals surface area (Å²) in [5, 5.41) is 10.5. The number of hydrogen-bond acceptors (Lipinski definition) is 3. The highest BCUT2D eigenvalue weighted by Gasteiger charge is 2.12. The van der Waals surface area contributed by atoms with Gasteiger partial charge in [-0.15, -0.1) is 0 Å². The zero-order chi connectivity index (χ0) is 23.8. The summed E-state index contributed by atoms with van der Waals surface area (Å²) in [5.74, 6) is 0.240. The molecule has 3 aromatic carbocycles. The monoisotopic (exact) mass is 450 g/mol. The lowest BCUT2D eigenvalue weighted by molar-refractivity contribution is 0.477. The minimum absolute atomic E-state index is 0.240. The van der Waals surface area contributed by atoms with Crippen LogP contribution in [0.3, 0.4) is 0 Å². The van der Waals surface area contributed by atoms with Gasteiger partial charge in [-0.05, 0) is 60.4 Å². The molecule has 0 spiro atoms. The second-order valence-corrected chi connectivity index (χ2v) is 8.75. The van der Waals surface area contributed by atoms with Crippen molar-refractivity contribution in [3.05, 3.63) is 91.0 Å². The molecule has 174 valence electrons. The van der Waals surface area contributed by atoms with E-state index in [4.69, 9.17) is 4.98 Å². The molecule has 3 nitrogen and oxygen atoms in total. The van der Waals surface area contributed by atoms with Gasteiger partial charge in [-0.1, -0.05) is 81.3 Å². The van der Waals surface area contributed by atoms with Gasteiger partial charge in [-0.25, -0.2) is 4.98 Å². The molecule has 0 bridgehead atoms. The SMILES string of the molecule is CCCCN(CCCC)c1ccc(-c2cc(-c3ccccc3)nc(-c3ccccc3O)c2)cc1. The van der Waals surface area contributed by atoms with E-state index < -0.39 is 0 Å². The van der Waals surface area contributed by atoms with Crippen molar-refractivity contribution in [1.29, 1.82) is 0 Å². The molecule has 0 aliphatic heterocycles. The predicted molar refractivity (Wildman–Crippen MR) is 144 cm³/mol. The molecule has 0 saturated heterocycles. The molecule has 4 rings (SSSR count). The number of unbranched alkanes of at least 4 members (excludes halogenated alkanes) is 2. The normalized spacial score (nSPS) is 10.9. The topological polar surface area (TPSA) is 36.4 Å². The molecule has 0 unspecified atom stereocenters. The summed E-state index contributed by atoms with van der Waals surface area (Å²) in [6.45, 7) is 6.69. The average Bonchev–Trinajstić information content (AvgIpc) is 2.89. The van der Waals surface area contributed by atoms with Crippen LogP contribution in [0.4, 0.5) is 5.69 Å². The number of para-hydroxylation sites is 1. The Balaban J connectivity index is 1.73. The lowest BCUT2D eigenvalue weighted by Gasteiger charge is -2.25. The number of phenols is 1. The first kappa shape index (κ1) is 23.6. The van der Waals surface area contributed by atoms with Crippen molar-refractivity contribution in [3.8, 4) is 39.4 Å². The summed E-state index contributed by atoms with van der Waals surface area (Å²) in [5.41, 5.74) is 6.98. The molecule has 34 heavy (non-hydrogen) atoms. The van der Waals surface area contributed by atoms with Crippen molar-refractivity contribution in [2.75, 3.05) is 18.0 Å². The molecular formula is C31H34N2O. The maximum absolute atomic E-state index is 10.5. The van der Waals surface area contributed by atoms with Gasteiger partial charge in [0.15, 0.2) is 0 Å². The van der Waals surface area contributed by atoms with Crippen LogP contribution in [0.25, 0.3) is 33.6 Å². The first-order valence-corrected chi connectivity index (χ1v) is 12.4. The minimum Gasteiger partial charge on any atom is -0.507 e. The lowest BCUT2D eigenvalue weighted by Crippen LogP contribution is -2.25. The summed E-state index contributed by atoms with van der Waals surface area (Å²) in [6, 6.07) is 30.7. The molecule has 0 fully saturated rings. The Hall–Kier alpha value is -3.59. The van der Waals surface area contributed by atoms with E-state index in [1.165, 1.54) is 31.4 Å². The van der Waals surface area contributed by atoms with E-state index in [2.05, 4.69) is 67.3 Å². The highest BCUT2D eigenvalue weighted by Crippen LogP contribution is 2.34. The Morgan fingerprint density at radius 2 is 1.26 bits per heavy atom. The van der Waals surface area contributed by atoms with E-state index in [1.54, 1.807) is 6.07 Å². The molecule has 1 N–H and O–H groups in total. The fourth-order valence-electron chi connectivity index (χ4n) is 4.21. The molecule has 4 aromatic rings. The molecule has 0 saturated carbocycles. The second kappa shape index (κ2) is 11.5. The van der Waals surface area contributed by atoms with Gasteiger partial charge in [0.2, 0.25) is 0 Å². The Labute approximate surface area is 203 Å². The highest BCUT2D eigenvalue weighted by atomic mass is 16.3. The maximum Gasteiger partial charge on any atom is 0.124 e. The summed E-state index contributed by atoms with van der Waals surface area (Å²) >= 11 is 0. The Kier molecular flexibility index (Phi) is 7.98. The first-order chi connectivity index (χ1) is 16.7. The van der Waals surface area contributed by atoms with Gasteiger partial charge in [0.25, 0.3) is 0 Å². The van der Waals surface area contributed by atoms with Crippen LogP contribution in [0, 0.1) is 0 Å². The molecule has 0 atom stereocenters. The van der Waals surface area contributed by atoms with Gasteiger partial charge in [-0.2, -0.15) is 0 Å². The third-order valence-corrected chi connectivity index (χ3v) is 6.20. The lowest BCUT2D eigenvalue weighted by atomic mass is 9.99. The third-order valence-electron chi connectivity index (χ3n) is 6.20. The van der Waals surface area contributed by atoms with E-state index in [0.717, 1.165) is 46.7 Å². The first-order valence-electron chi connectivity index (χ1n) is 12.4. The van der Waals surface area contributed by atoms with Crippen LogP contribution < -0.4 is 4.90 Å². The number of nitrogens with zero attached hydrogens (tertiary/aromatic N) is 2. The van der Waals surface area contributed by atoms with Crippen LogP contribution in [-0.2, 0) is 0 Å². The largest absolute Gasteiger partial charge is 0.507 e. The van der Waals surface area contributed by atoms with Gasteiger partial charge in [-0.3, -0.25) is 0 Å². The zero-order valence-electron chi connectivity index (χ0n) is 20.2. The number of benzene rings is 3. The van der Waals surface area contributed by atoms with E-state index >= 15 is 0 Å². The standard InChI is InChI=1S/C31H34N2O/c1-3-5-20-33(21-6-4-2)27-18-16-24(17-19-27)26-22-29(25-12-8-7-9-13-25)32-30(23-26)28-14-10-11-15-31(28)34/h7-19,22-23,34H,3-6,20-21H2,1-2H3. The van der Waals surface area contributed by atoms with Gasteiger partial charge in [0.05, 0.1) is 11.4 Å².